The second kappa shape index (κ2) is 8.82. The van der Waals surface area contributed by atoms with E-state index in [2.05, 4.69) is 0 Å². The van der Waals surface area contributed by atoms with Gasteiger partial charge in [-0.05, 0) is 0 Å². The van der Waals surface area contributed by atoms with Crippen molar-refractivity contribution in [3.63, 3.8) is 0 Å². The van der Waals surface area contributed by atoms with Crippen molar-refractivity contribution in [2.45, 2.75) is 55.4 Å². The number of hydrogen-bond donors (Lipinski definition) is 7. The minimum atomic E-state index is -1.86. The van der Waals surface area contributed by atoms with Crippen LogP contribution in [0.25, 0.3) is 0 Å². The number of aldehydes is 1. The number of carbonyl (C=O) groups excluding carboxylic acids is 1. The van der Waals surface area contributed by atoms with E-state index in [4.69, 9.17) is 19.7 Å². The Kier molecular flexibility index (Phi) is 7.76. The normalized spacial score (nSPS) is 34.7. The molecule has 130 valence electrons. The Morgan fingerprint density at radius 2 is 1.86 bits per heavy atom. The van der Waals surface area contributed by atoms with Crippen LogP contribution in [0, 0.1) is 0 Å². The molecule has 0 bridgehead atoms. The number of ether oxygens (including phenoxy) is 2. The summed E-state index contributed by atoms with van der Waals surface area (Å²) in [5.41, 5.74) is 0. The zero-order valence-electron chi connectivity index (χ0n) is 11.7. The zero-order chi connectivity index (χ0) is 16.9. The van der Waals surface area contributed by atoms with E-state index in [0.29, 0.717) is 0 Å². The topological polar surface area (TPSA) is 177 Å². The molecule has 7 N–H and O–H groups in total. The van der Waals surface area contributed by atoms with Crippen molar-refractivity contribution >= 4 is 6.29 Å². The maximum atomic E-state index is 10.5. The first-order chi connectivity index (χ1) is 10.3. The highest BCUT2D eigenvalue weighted by atomic mass is 16.7. The molecule has 1 heterocycles. The van der Waals surface area contributed by atoms with Gasteiger partial charge in [0.2, 0.25) is 0 Å². The molecule has 0 aromatic heterocycles. The highest BCUT2D eigenvalue weighted by molar-refractivity contribution is 5.56. The number of aliphatic hydroxyl groups is 7. The molecule has 0 unspecified atom stereocenters. The van der Waals surface area contributed by atoms with Crippen molar-refractivity contribution in [2.24, 2.45) is 0 Å². The smallest absolute Gasteiger partial charge is 0.161 e. The van der Waals surface area contributed by atoms with Crippen molar-refractivity contribution < 1.29 is 50.0 Å². The lowest BCUT2D eigenvalue weighted by molar-refractivity contribution is -0.290. The third-order valence-corrected chi connectivity index (χ3v) is 3.42. The molecule has 0 saturated carbocycles. The Bertz CT molecular complexity index is 340. The summed E-state index contributed by atoms with van der Waals surface area (Å²) < 4.78 is 10.3. The highest BCUT2D eigenvalue weighted by Crippen LogP contribution is 2.24. The maximum absolute atomic E-state index is 10.5. The van der Waals surface area contributed by atoms with Gasteiger partial charge in [0.1, 0.15) is 36.6 Å². The first kappa shape index (κ1) is 19.4. The lowest BCUT2D eigenvalue weighted by atomic mass is 10.0. The van der Waals surface area contributed by atoms with Gasteiger partial charge in [-0.1, -0.05) is 0 Å². The van der Waals surface area contributed by atoms with Crippen LogP contribution in [0.3, 0.4) is 0 Å². The van der Waals surface area contributed by atoms with Crippen molar-refractivity contribution in [3.8, 4) is 0 Å². The Balaban J connectivity index is 2.78. The van der Waals surface area contributed by atoms with Crippen LogP contribution in [-0.2, 0) is 14.3 Å². The molecule has 0 spiro atoms. The molecular formula is C12H22O10. The van der Waals surface area contributed by atoms with Crippen LogP contribution >= 0.6 is 0 Å². The molecule has 8 atom stereocenters. The summed E-state index contributed by atoms with van der Waals surface area (Å²) in [5.74, 6) is 0. The Morgan fingerprint density at radius 1 is 1.23 bits per heavy atom. The molecule has 1 rings (SSSR count). The molecule has 0 aliphatic carbocycles. The van der Waals surface area contributed by atoms with E-state index in [1.54, 1.807) is 0 Å². The summed E-state index contributed by atoms with van der Waals surface area (Å²) in [6.45, 7) is -1.43. The van der Waals surface area contributed by atoms with Gasteiger partial charge in [0.25, 0.3) is 0 Å². The van der Waals surface area contributed by atoms with Crippen LogP contribution in [0.1, 0.15) is 6.42 Å². The van der Waals surface area contributed by atoms with Gasteiger partial charge in [0.05, 0.1) is 19.3 Å². The first-order valence-corrected chi connectivity index (χ1v) is 6.73. The van der Waals surface area contributed by atoms with Crippen LogP contribution in [-0.4, -0.2) is 104 Å². The van der Waals surface area contributed by atoms with E-state index in [1.165, 1.54) is 0 Å². The standard InChI is InChI=1S/C12H22O10/c13-2-6(17)11(20)12(7(18)3-14)22-9-1-5(16)10(19)8(4-15)21-9/h2,5-12,14-20H,1,3-4H2/t5-,6+,7-,8-,9-,10+,11-,12-/m1/s1. The molecule has 10 nitrogen and oxygen atoms in total. The summed E-state index contributed by atoms with van der Waals surface area (Å²) in [7, 11) is 0. The van der Waals surface area contributed by atoms with Crippen molar-refractivity contribution in [1.82, 2.24) is 0 Å². The molecule has 1 saturated heterocycles. The molecule has 10 heteroatoms. The Morgan fingerprint density at radius 3 is 2.36 bits per heavy atom. The Labute approximate surface area is 126 Å². The van der Waals surface area contributed by atoms with E-state index < -0.39 is 62.2 Å². The van der Waals surface area contributed by atoms with Crippen molar-refractivity contribution in [3.05, 3.63) is 0 Å². The van der Waals surface area contributed by atoms with Crippen LogP contribution in [0.4, 0.5) is 0 Å². The fourth-order valence-electron chi connectivity index (χ4n) is 2.11. The third-order valence-electron chi connectivity index (χ3n) is 3.42. The summed E-state index contributed by atoms with van der Waals surface area (Å²) >= 11 is 0. The lowest BCUT2D eigenvalue weighted by Crippen LogP contribution is -2.55. The van der Waals surface area contributed by atoms with Gasteiger partial charge < -0.3 is 50.0 Å². The van der Waals surface area contributed by atoms with Crippen molar-refractivity contribution in [1.29, 1.82) is 0 Å². The number of aliphatic hydroxyl groups excluding tert-OH is 7. The second-order valence-electron chi connectivity index (χ2n) is 5.05. The molecule has 1 aliphatic heterocycles. The molecule has 0 radical (unpaired) electrons. The van der Waals surface area contributed by atoms with Gasteiger partial charge in [-0.25, -0.2) is 0 Å². The SMILES string of the molecule is O=C[C@H](O)[C@@H](O)[C@H](O[C@@H]1C[C@@H](O)[C@H](O)[C@@H](CO)O1)[C@H](O)CO. The van der Waals surface area contributed by atoms with Gasteiger partial charge in [0, 0.05) is 6.42 Å². The third kappa shape index (κ3) is 4.65. The van der Waals surface area contributed by atoms with E-state index in [1.807, 2.05) is 0 Å². The molecule has 1 fully saturated rings. The number of carbonyl (C=O) groups is 1. The van der Waals surface area contributed by atoms with E-state index in [0.717, 1.165) is 0 Å². The van der Waals surface area contributed by atoms with E-state index >= 15 is 0 Å². The molecule has 1 aliphatic rings. The fourth-order valence-corrected chi connectivity index (χ4v) is 2.11. The van der Waals surface area contributed by atoms with Crippen LogP contribution in [0.5, 0.6) is 0 Å². The predicted octanol–water partition coefficient (Wildman–Crippen LogP) is -4.53. The average Bonchev–Trinajstić information content (AvgIpc) is 2.53. The molecular weight excluding hydrogens is 304 g/mol. The molecule has 22 heavy (non-hydrogen) atoms. The first-order valence-electron chi connectivity index (χ1n) is 6.73. The second-order valence-corrected chi connectivity index (χ2v) is 5.05. The van der Waals surface area contributed by atoms with Gasteiger partial charge in [-0.15, -0.1) is 0 Å². The summed E-state index contributed by atoms with van der Waals surface area (Å²) in [4.78, 5) is 10.5. The minimum absolute atomic E-state index is 0.0297. The van der Waals surface area contributed by atoms with E-state index in [9.17, 15) is 30.3 Å². The highest BCUT2D eigenvalue weighted by Gasteiger charge is 2.41. The van der Waals surface area contributed by atoms with Gasteiger partial charge in [-0.2, -0.15) is 0 Å². The minimum Gasteiger partial charge on any atom is -0.394 e. The largest absolute Gasteiger partial charge is 0.394 e. The summed E-state index contributed by atoms with van der Waals surface area (Å²) in [5, 5.41) is 65.9. The average molecular weight is 326 g/mol. The Hall–Kier alpha value is -0.690. The number of hydrogen-bond acceptors (Lipinski definition) is 10. The van der Waals surface area contributed by atoms with Gasteiger partial charge in [-0.3, -0.25) is 0 Å². The molecule has 0 amide bonds. The van der Waals surface area contributed by atoms with Crippen LogP contribution in [0.2, 0.25) is 0 Å². The predicted molar refractivity (Wildman–Crippen MR) is 68.4 cm³/mol. The summed E-state index contributed by atoms with van der Waals surface area (Å²) in [6, 6.07) is 0. The summed E-state index contributed by atoms with van der Waals surface area (Å²) in [6.07, 6.45) is -12.1. The van der Waals surface area contributed by atoms with E-state index in [-0.39, 0.29) is 12.7 Å². The quantitative estimate of drug-likeness (QED) is 0.215. The molecule has 0 aromatic rings. The zero-order valence-corrected chi connectivity index (χ0v) is 11.7. The monoisotopic (exact) mass is 326 g/mol. The fraction of sp³-hybridized carbons (Fsp3) is 0.917. The van der Waals surface area contributed by atoms with Gasteiger partial charge >= 0.3 is 0 Å². The van der Waals surface area contributed by atoms with Gasteiger partial charge in [0.15, 0.2) is 12.6 Å². The van der Waals surface area contributed by atoms with Crippen LogP contribution in [0.15, 0.2) is 0 Å². The van der Waals surface area contributed by atoms with Crippen molar-refractivity contribution in [2.75, 3.05) is 13.2 Å². The maximum Gasteiger partial charge on any atom is 0.161 e. The molecule has 0 aromatic carbocycles. The lowest BCUT2D eigenvalue weighted by Gasteiger charge is -2.39. The van der Waals surface area contributed by atoms with Crippen LogP contribution < -0.4 is 0 Å². The number of rotatable bonds is 8.